The summed E-state index contributed by atoms with van der Waals surface area (Å²) in [4.78, 5) is 16.6. The Morgan fingerprint density at radius 1 is 1.13 bits per heavy atom. The maximum atomic E-state index is 12.0. The number of aliphatic imine (C=N–C) groups is 1. The number of alkyl carbamates (subject to hydrolysis) is 1. The second-order valence-electron chi connectivity index (χ2n) is 9.12. The summed E-state index contributed by atoms with van der Waals surface area (Å²) >= 11 is 0. The molecule has 1 rings (SSSR count). The molecule has 1 saturated heterocycles. The summed E-state index contributed by atoms with van der Waals surface area (Å²) < 4.78 is 16.5. The predicted molar refractivity (Wildman–Crippen MR) is 132 cm³/mol. The van der Waals surface area contributed by atoms with Crippen molar-refractivity contribution >= 4 is 36.0 Å². The highest BCUT2D eigenvalue weighted by Gasteiger charge is 2.24. The largest absolute Gasteiger partial charge is 0.444 e. The van der Waals surface area contributed by atoms with Crippen molar-refractivity contribution in [1.29, 1.82) is 0 Å². The lowest BCUT2D eigenvalue weighted by atomic mass is 10.0. The van der Waals surface area contributed by atoms with E-state index in [-0.39, 0.29) is 24.0 Å². The number of nitrogens with zero attached hydrogens (tertiary/aromatic N) is 1. The zero-order chi connectivity index (χ0) is 21.8. The van der Waals surface area contributed by atoms with Gasteiger partial charge in [-0.1, -0.05) is 0 Å². The van der Waals surface area contributed by atoms with Gasteiger partial charge in [0.15, 0.2) is 5.96 Å². The number of carbonyl (C=O) groups is 1. The lowest BCUT2D eigenvalue weighted by Crippen LogP contribution is -2.49. The Balaban J connectivity index is 0.00000841. The SMILES string of the molecule is CCNC(=NCC(C)(C)NC(=O)OC(C)(C)C)NCCCOCC1CCOCC1.I. The van der Waals surface area contributed by atoms with Crippen molar-refractivity contribution in [2.45, 2.75) is 71.9 Å². The van der Waals surface area contributed by atoms with Crippen LogP contribution in [0.4, 0.5) is 4.79 Å². The Morgan fingerprint density at radius 3 is 2.40 bits per heavy atom. The molecular formula is C21H43IN4O4. The number of carbonyl (C=O) groups excluding carboxylic acids is 1. The number of nitrogens with one attached hydrogen (secondary N) is 3. The Morgan fingerprint density at radius 2 is 1.80 bits per heavy atom. The molecule has 0 aromatic heterocycles. The van der Waals surface area contributed by atoms with Crippen molar-refractivity contribution in [3.63, 3.8) is 0 Å². The highest BCUT2D eigenvalue weighted by atomic mass is 127. The molecule has 0 saturated carbocycles. The summed E-state index contributed by atoms with van der Waals surface area (Å²) in [5.74, 6) is 1.37. The van der Waals surface area contributed by atoms with Crippen LogP contribution in [0.25, 0.3) is 0 Å². The number of amides is 1. The van der Waals surface area contributed by atoms with Crippen LogP contribution in [-0.4, -0.2) is 69.3 Å². The van der Waals surface area contributed by atoms with Crippen LogP contribution in [0.5, 0.6) is 0 Å². The van der Waals surface area contributed by atoms with Crippen LogP contribution in [-0.2, 0) is 14.2 Å². The maximum absolute atomic E-state index is 12.0. The Labute approximate surface area is 199 Å². The quantitative estimate of drug-likeness (QED) is 0.170. The van der Waals surface area contributed by atoms with Crippen LogP contribution in [0.15, 0.2) is 4.99 Å². The minimum Gasteiger partial charge on any atom is -0.444 e. The summed E-state index contributed by atoms with van der Waals surface area (Å²) in [6.45, 7) is 16.7. The van der Waals surface area contributed by atoms with Crippen molar-refractivity contribution in [2.75, 3.05) is 46.1 Å². The molecule has 1 aliphatic rings. The first-order valence-corrected chi connectivity index (χ1v) is 10.8. The van der Waals surface area contributed by atoms with Gasteiger partial charge in [0.05, 0.1) is 12.1 Å². The molecule has 9 heteroatoms. The van der Waals surface area contributed by atoms with Crippen LogP contribution in [0.2, 0.25) is 0 Å². The van der Waals surface area contributed by atoms with E-state index in [1.807, 2.05) is 41.5 Å². The molecular weight excluding hydrogens is 499 g/mol. The van der Waals surface area contributed by atoms with E-state index in [1.165, 1.54) is 0 Å². The van der Waals surface area contributed by atoms with Crippen molar-refractivity contribution in [3.8, 4) is 0 Å². The Hall–Kier alpha value is -0.810. The summed E-state index contributed by atoms with van der Waals surface area (Å²) in [6, 6.07) is 0. The van der Waals surface area contributed by atoms with Crippen molar-refractivity contribution in [3.05, 3.63) is 0 Å². The molecule has 0 aromatic rings. The first kappa shape index (κ1) is 29.2. The monoisotopic (exact) mass is 542 g/mol. The third-order valence-corrected chi connectivity index (χ3v) is 4.27. The van der Waals surface area contributed by atoms with Gasteiger partial charge in [-0.2, -0.15) is 0 Å². The van der Waals surface area contributed by atoms with Gasteiger partial charge in [0.2, 0.25) is 0 Å². The van der Waals surface area contributed by atoms with Gasteiger partial charge >= 0.3 is 6.09 Å². The summed E-state index contributed by atoms with van der Waals surface area (Å²) in [6.07, 6.45) is 2.68. The molecule has 1 fully saturated rings. The van der Waals surface area contributed by atoms with Gasteiger partial charge in [-0.3, -0.25) is 4.99 Å². The molecule has 1 amide bonds. The van der Waals surface area contributed by atoms with Crippen LogP contribution < -0.4 is 16.0 Å². The Kier molecular flexibility index (Phi) is 14.7. The number of hydrogen-bond acceptors (Lipinski definition) is 5. The molecule has 1 heterocycles. The van der Waals surface area contributed by atoms with Crippen molar-refractivity contribution in [1.82, 2.24) is 16.0 Å². The average molecular weight is 543 g/mol. The number of halogens is 1. The van der Waals surface area contributed by atoms with E-state index in [2.05, 4.69) is 20.9 Å². The van der Waals surface area contributed by atoms with Gasteiger partial charge in [0.1, 0.15) is 5.60 Å². The molecule has 0 unspecified atom stereocenters. The first-order valence-electron chi connectivity index (χ1n) is 10.8. The van der Waals surface area contributed by atoms with Crippen LogP contribution in [0.1, 0.15) is 60.8 Å². The molecule has 0 spiro atoms. The topological polar surface area (TPSA) is 93.2 Å². The predicted octanol–water partition coefficient (Wildman–Crippen LogP) is 3.30. The second-order valence-corrected chi connectivity index (χ2v) is 9.12. The number of ether oxygens (including phenoxy) is 3. The van der Waals surface area contributed by atoms with E-state index in [4.69, 9.17) is 14.2 Å². The fraction of sp³-hybridized carbons (Fsp3) is 0.905. The van der Waals surface area contributed by atoms with Crippen molar-refractivity contribution in [2.24, 2.45) is 10.9 Å². The van der Waals surface area contributed by atoms with Crippen LogP contribution in [0.3, 0.4) is 0 Å². The normalized spacial score (nSPS) is 15.9. The van der Waals surface area contributed by atoms with Crippen LogP contribution in [0, 0.1) is 5.92 Å². The maximum Gasteiger partial charge on any atom is 0.408 e. The van der Waals surface area contributed by atoms with E-state index in [1.54, 1.807) is 0 Å². The van der Waals surface area contributed by atoms with Gasteiger partial charge in [-0.25, -0.2) is 4.79 Å². The summed E-state index contributed by atoms with van der Waals surface area (Å²) in [5.41, 5.74) is -1.04. The second kappa shape index (κ2) is 15.1. The van der Waals surface area contributed by atoms with Gasteiger partial charge in [-0.05, 0) is 66.7 Å². The smallest absolute Gasteiger partial charge is 0.408 e. The van der Waals surface area contributed by atoms with Crippen molar-refractivity contribution < 1.29 is 19.0 Å². The van der Waals surface area contributed by atoms with Crippen LogP contribution >= 0.6 is 24.0 Å². The minimum atomic E-state index is -0.521. The standard InChI is InChI=1S/C21H42N4O4.HI/c1-7-22-18(23-11-8-12-28-15-17-9-13-27-14-10-17)24-16-21(5,6)25-19(26)29-20(2,3)4;/h17H,7-16H2,1-6H3,(H,25,26)(H2,22,23,24);1H. The molecule has 0 atom stereocenters. The number of guanidine groups is 1. The highest BCUT2D eigenvalue weighted by Crippen LogP contribution is 2.14. The third kappa shape index (κ3) is 15.1. The molecule has 3 N–H and O–H groups in total. The summed E-state index contributed by atoms with van der Waals surface area (Å²) in [7, 11) is 0. The molecule has 30 heavy (non-hydrogen) atoms. The lowest BCUT2D eigenvalue weighted by molar-refractivity contribution is 0.0203. The molecule has 0 bridgehead atoms. The van der Waals surface area contributed by atoms with Gasteiger partial charge in [0.25, 0.3) is 0 Å². The average Bonchev–Trinajstić information content (AvgIpc) is 2.61. The molecule has 1 aliphatic heterocycles. The van der Waals surface area contributed by atoms with E-state index >= 15 is 0 Å². The Bertz CT molecular complexity index is 504. The van der Waals surface area contributed by atoms with E-state index in [9.17, 15) is 4.79 Å². The lowest BCUT2D eigenvalue weighted by Gasteiger charge is -2.27. The van der Waals surface area contributed by atoms with Gasteiger partial charge in [0, 0.05) is 39.5 Å². The summed E-state index contributed by atoms with van der Waals surface area (Å²) in [5, 5.41) is 9.42. The zero-order valence-electron chi connectivity index (χ0n) is 19.6. The van der Waals surface area contributed by atoms with E-state index < -0.39 is 17.2 Å². The molecule has 0 aromatic carbocycles. The molecule has 178 valence electrons. The van der Waals surface area contributed by atoms with E-state index in [0.717, 1.165) is 64.7 Å². The highest BCUT2D eigenvalue weighted by molar-refractivity contribution is 14.0. The first-order chi connectivity index (χ1) is 13.6. The number of rotatable bonds is 10. The number of hydrogen-bond donors (Lipinski definition) is 3. The fourth-order valence-corrected chi connectivity index (χ4v) is 2.78. The van der Waals surface area contributed by atoms with Gasteiger partial charge < -0.3 is 30.2 Å². The molecule has 0 aliphatic carbocycles. The van der Waals surface area contributed by atoms with Gasteiger partial charge in [-0.15, -0.1) is 24.0 Å². The molecule has 0 radical (unpaired) electrons. The fourth-order valence-electron chi connectivity index (χ4n) is 2.78. The minimum absolute atomic E-state index is 0. The van der Waals surface area contributed by atoms with E-state index in [0.29, 0.717) is 12.5 Å². The zero-order valence-corrected chi connectivity index (χ0v) is 22.0. The molecule has 8 nitrogen and oxygen atoms in total. The third-order valence-electron chi connectivity index (χ3n) is 4.27.